The van der Waals surface area contributed by atoms with Crippen molar-refractivity contribution >= 4 is 39.3 Å². The Bertz CT molecular complexity index is 640. The fourth-order valence-corrected chi connectivity index (χ4v) is 2.32. The quantitative estimate of drug-likeness (QED) is 0.424. The van der Waals surface area contributed by atoms with Crippen LogP contribution in [0, 0.1) is 0 Å². The summed E-state index contributed by atoms with van der Waals surface area (Å²) < 4.78 is 0.764. The maximum atomic E-state index is 11.9. The van der Waals surface area contributed by atoms with Crippen molar-refractivity contribution < 1.29 is 19.5 Å². The van der Waals surface area contributed by atoms with Gasteiger partial charge in [0.15, 0.2) is 0 Å². The van der Waals surface area contributed by atoms with Crippen LogP contribution in [0.1, 0.15) is 28.8 Å². The van der Waals surface area contributed by atoms with E-state index in [9.17, 15) is 14.4 Å². The molecule has 110 valence electrons. The summed E-state index contributed by atoms with van der Waals surface area (Å²) in [5.74, 6) is -1.76. The van der Waals surface area contributed by atoms with Crippen LogP contribution >= 0.6 is 15.9 Å². The predicted molar refractivity (Wildman–Crippen MR) is 79.5 cm³/mol. The van der Waals surface area contributed by atoms with E-state index in [0.717, 1.165) is 4.47 Å². The number of rotatable bonds is 5. The Labute approximate surface area is 129 Å². The van der Waals surface area contributed by atoms with E-state index in [1.807, 2.05) is 0 Å². The van der Waals surface area contributed by atoms with Crippen molar-refractivity contribution in [2.75, 3.05) is 6.54 Å². The number of fused-ring (bicyclic) bond motifs is 1. The second-order valence-electron chi connectivity index (χ2n) is 4.48. The molecule has 0 aromatic heterocycles. The number of benzene rings is 1. The van der Waals surface area contributed by atoms with E-state index in [1.54, 1.807) is 18.2 Å². The summed E-state index contributed by atoms with van der Waals surface area (Å²) in [7, 11) is 0. The molecule has 21 heavy (non-hydrogen) atoms. The smallest absolute Gasteiger partial charge is 0.303 e. The number of carbonyl (C=O) groups is 3. The predicted octanol–water partition coefficient (Wildman–Crippen LogP) is 1.51. The first-order valence-electron chi connectivity index (χ1n) is 6.30. The number of carboxylic acids is 1. The molecule has 0 saturated carbocycles. The van der Waals surface area contributed by atoms with Gasteiger partial charge in [0.1, 0.15) is 0 Å². The highest BCUT2D eigenvalue weighted by Gasteiger charge is 2.27. The summed E-state index contributed by atoms with van der Waals surface area (Å²) in [5, 5.41) is 13.7. The maximum absolute atomic E-state index is 11.9. The largest absolute Gasteiger partial charge is 0.481 e. The average Bonchev–Trinajstić information content (AvgIpc) is 2.41. The van der Waals surface area contributed by atoms with Crippen LogP contribution in [0.2, 0.25) is 0 Å². The molecule has 1 heterocycles. The summed E-state index contributed by atoms with van der Waals surface area (Å²) in [5.41, 5.74) is 1.32. The average molecular weight is 353 g/mol. The zero-order valence-corrected chi connectivity index (χ0v) is 12.6. The highest BCUT2D eigenvalue weighted by molar-refractivity contribution is 9.10. The molecule has 2 amide bonds. The fourth-order valence-electron chi connectivity index (χ4n) is 1.96. The van der Waals surface area contributed by atoms with Crippen molar-refractivity contribution in [1.29, 1.82) is 0 Å². The van der Waals surface area contributed by atoms with Gasteiger partial charge in [-0.3, -0.25) is 19.7 Å². The molecule has 0 fully saturated rings. The Balaban J connectivity index is 2.17. The Morgan fingerprint density at radius 2 is 2.05 bits per heavy atom. The van der Waals surface area contributed by atoms with Gasteiger partial charge in [0.2, 0.25) is 0 Å². The number of imide groups is 1. The Morgan fingerprint density at radius 1 is 1.29 bits per heavy atom. The lowest BCUT2D eigenvalue weighted by Crippen LogP contribution is -2.37. The van der Waals surface area contributed by atoms with Crippen molar-refractivity contribution in [3.8, 4) is 0 Å². The van der Waals surface area contributed by atoms with Gasteiger partial charge in [-0.2, -0.15) is 0 Å². The summed E-state index contributed by atoms with van der Waals surface area (Å²) >= 11 is 3.31. The van der Waals surface area contributed by atoms with E-state index >= 15 is 0 Å². The highest BCUT2D eigenvalue weighted by Crippen LogP contribution is 2.26. The molecule has 0 atom stereocenters. The van der Waals surface area contributed by atoms with Gasteiger partial charge in [0, 0.05) is 34.8 Å². The minimum Gasteiger partial charge on any atom is -0.481 e. The van der Waals surface area contributed by atoms with Crippen LogP contribution in [-0.2, 0) is 9.59 Å². The van der Waals surface area contributed by atoms with Gasteiger partial charge < -0.3 is 10.4 Å². The van der Waals surface area contributed by atoms with Crippen molar-refractivity contribution in [1.82, 2.24) is 10.6 Å². The standard InChI is InChI=1S/C14H13BrN2O4/c15-8-3-4-9-10(6-8)11(14(21)17-13(9)20)7-16-5-1-2-12(18)19/h3-4,6-7,16H,1-2,5H2,(H,18,19)(H,17,20,21)/b11-7-. The van der Waals surface area contributed by atoms with Crippen LogP contribution in [-0.4, -0.2) is 29.4 Å². The number of hydrogen-bond acceptors (Lipinski definition) is 4. The zero-order valence-electron chi connectivity index (χ0n) is 11.0. The van der Waals surface area contributed by atoms with Gasteiger partial charge in [0.05, 0.1) is 5.57 Å². The number of amides is 2. The molecule has 0 unspecified atom stereocenters. The minimum atomic E-state index is -0.861. The van der Waals surface area contributed by atoms with E-state index in [1.165, 1.54) is 6.20 Å². The number of carbonyl (C=O) groups excluding carboxylic acids is 2. The van der Waals surface area contributed by atoms with Gasteiger partial charge >= 0.3 is 5.97 Å². The lowest BCUT2D eigenvalue weighted by molar-refractivity contribution is -0.137. The molecule has 3 N–H and O–H groups in total. The Kier molecular flexibility index (Phi) is 4.74. The first kappa shape index (κ1) is 15.2. The fraction of sp³-hybridized carbons (Fsp3) is 0.214. The summed E-state index contributed by atoms with van der Waals surface area (Å²) in [6.45, 7) is 0.431. The molecule has 0 spiro atoms. The molecule has 0 bridgehead atoms. The van der Waals surface area contributed by atoms with E-state index < -0.39 is 17.8 Å². The molecular formula is C14H13BrN2O4. The Hall–Kier alpha value is -2.15. The number of aliphatic carboxylic acids is 1. The molecule has 0 radical (unpaired) electrons. The number of hydrogen-bond donors (Lipinski definition) is 3. The monoisotopic (exact) mass is 352 g/mol. The first-order valence-corrected chi connectivity index (χ1v) is 7.09. The lowest BCUT2D eigenvalue weighted by atomic mass is 9.96. The molecular weight excluding hydrogens is 340 g/mol. The molecule has 2 rings (SSSR count). The molecule has 1 aromatic rings. The summed E-state index contributed by atoms with van der Waals surface area (Å²) in [6.07, 6.45) is 2.02. The number of carboxylic acid groups (broad SMARTS) is 1. The molecule has 1 aliphatic rings. The molecule has 7 heteroatoms. The summed E-state index contributed by atoms with van der Waals surface area (Å²) in [4.78, 5) is 34.0. The normalized spacial score (nSPS) is 15.6. The first-order chi connectivity index (χ1) is 9.99. The molecule has 0 saturated heterocycles. The van der Waals surface area contributed by atoms with Gasteiger partial charge in [-0.25, -0.2) is 0 Å². The van der Waals surface area contributed by atoms with Crippen LogP contribution in [0.25, 0.3) is 5.57 Å². The molecule has 0 aliphatic carbocycles. The van der Waals surface area contributed by atoms with Gasteiger partial charge in [-0.05, 0) is 24.6 Å². The third-order valence-electron chi connectivity index (χ3n) is 2.95. The lowest BCUT2D eigenvalue weighted by Gasteiger charge is -2.18. The van der Waals surface area contributed by atoms with Crippen LogP contribution < -0.4 is 10.6 Å². The van der Waals surface area contributed by atoms with Gasteiger partial charge in [-0.15, -0.1) is 0 Å². The minimum absolute atomic E-state index is 0.0585. The van der Waals surface area contributed by atoms with Gasteiger partial charge in [0.25, 0.3) is 11.8 Å². The number of halogens is 1. The van der Waals surface area contributed by atoms with Gasteiger partial charge in [-0.1, -0.05) is 15.9 Å². The maximum Gasteiger partial charge on any atom is 0.303 e. The molecule has 6 nitrogen and oxygen atoms in total. The van der Waals surface area contributed by atoms with E-state index in [0.29, 0.717) is 29.7 Å². The molecule has 1 aromatic carbocycles. The second kappa shape index (κ2) is 6.53. The Morgan fingerprint density at radius 3 is 2.76 bits per heavy atom. The molecule has 1 aliphatic heterocycles. The topological polar surface area (TPSA) is 95.5 Å². The SMILES string of the molecule is O=C(O)CCCN/C=C1\C(=O)NC(=O)c2ccc(Br)cc21. The van der Waals surface area contributed by atoms with Crippen LogP contribution in [0.3, 0.4) is 0 Å². The highest BCUT2D eigenvalue weighted by atomic mass is 79.9. The number of nitrogens with one attached hydrogen (secondary N) is 2. The van der Waals surface area contributed by atoms with E-state index in [4.69, 9.17) is 5.11 Å². The van der Waals surface area contributed by atoms with E-state index in [2.05, 4.69) is 26.6 Å². The van der Waals surface area contributed by atoms with Crippen molar-refractivity contribution in [2.45, 2.75) is 12.8 Å². The van der Waals surface area contributed by atoms with Crippen LogP contribution in [0.15, 0.2) is 28.9 Å². The third-order valence-corrected chi connectivity index (χ3v) is 3.44. The summed E-state index contributed by atoms with van der Waals surface area (Å²) in [6, 6.07) is 5.07. The van der Waals surface area contributed by atoms with Crippen molar-refractivity contribution in [3.63, 3.8) is 0 Å². The van der Waals surface area contributed by atoms with Crippen LogP contribution in [0.5, 0.6) is 0 Å². The van der Waals surface area contributed by atoms with E-state index in [-0.39, 0.29) is 6.42 Å². The second-order valence-corrected chi connectivity index (χ2v) is 5.40. The van der Waals surface area contributed by atoms with Crippen molar-refractivity contribution in [3.05, 3.63) is 40.0 Å². The van der Waals surface area contributed by atoms with Crippen LogP contribution in [0.4, 0.5) is 0 Å². The zero-order chi connectivity index (χ0) is 15.4. The third kappa shape index (κ3) is 3.69. The van der Waals surface area contributed by atoms with Crippen molar-refractivity contribution in [2.24, 2.45) is 0 Å².